The second kappa shape index (κ2) is 33.3. The predicted octanol–water partition coefficient (Wildman–Crippen LogP) is 10.3. The number of amides is 1. The molecule has 0 aromatic heterocycles. The van der Waals surface area contributed by atoms with Crippen LogP contribution in [0, 0.1) is 0 Å². The van der Waals surface area contributed by atoms with Gasteiger partial charge in [-0.3, -0.25) is 14.4 Å². The van der Waals surface area contributed by atoms with Gasteiger partial charge in [0.2, 0.25) is 5.91 Å². The molecule has 1 unspecified atom stereocenters. The molecule has 0 spiro atoms. The fraction of sp³-hybridized carbons (Fsp3) is 0.711. The van der Waals surface area contributed by atoms with Gasteiger partial charge in [0.15, 0.2) is 0 Å². The minimum Gasteiger partial charge on any atom is -0.480 e. The Balaban J connectivity index is 4.18. The third-order valence-electron chi connectivity index (χ3n) is 7.52. The van der Waals surface area contributed by atoms with Crippen LogP contribution in [-0.2, 0) is 19.1 Å². The highest BCUT2D eigenvalue weighted by Gasteiger charge is 2.14. The Kier molecular flexibility index (Phi) is 31.3. The highest BCUT2D eigenvalue weighted by molar-refractivity contribution is 5.80. The minimum atomic E-state index is -1.02. The van der Waals surface area contributed by atoms with Crippen molar-refractivity contribution in [2.75, 3.05) is 6.54 Å². The molecule has 1 atom stereocenters. The van der Waals surface area contributed by atoms with Crippen molar-refractivity contribution in [1.29, 1.82) is 0 Å². The van der Waals surface area contributed by atoms with E-state index in [0.717, 1.165) is 96.3 Å². The normalized spacial score (nSPS) is 12.6. The molecule has 1 amide bonds. The van der Waals surface area contributed by atoms with Crippen molar-refractivity contribution in [2.24, 2.45) is 0 Å². The molecule has 44 heavy (non-hydrogen) atoms. The molecule has 6 nitrogen and oxygen atoms in total. The van der Waals surface area contributed by atoms with Gasteiger partial charge in [0, 0.05) is 12.8 Å². The number of carboxylic acid groups (broad SMARTS) is 1. The summed E-state index contributed by atoms with van der Waals surface area (Å²) in [7, 11) is 0. The van der Waals surface area contributed by atoms with Crippen LogP contribution in [-0.4, -0.2) is 35.6 Å². The molecule has 0 aromatic rings. The van der Waals surface area contributed by atoms with Gasteiger partial charge >= 0.3 is 11.9 Å². The van der Waals surface area contributed by atoms with Crippen LogP contribution in [0.5, 0.6) is 0 Å². The molecule has 0 aliphatic heterocycles. The molecule has 6 heteroatoms. The number of nitrogens with one attached hydrogen (secondary N) is 1. The number of allylic oxidation sites excluding steroid dienone is 8. The molecule has 0 saturated carbocycles. The number of carbonyl (C=O) groups excluding carboxylic acids is 2. The number of esters is 1. The zero-order valence-corrected chi connectivity index (χ0v) is 28.2. The van der Waals surface area contributed by atoms with Crippen LogP contribution in [0.2, 0.25) is 0 Å². The van der Waals surface area contributed by atoms with Gasteiger partial charge in [-0.25, -0.2) is 0 Å². The molecule has 0 aliphatic rings. The number of ether oxygens (including phenoxy) is 1. The van der Waals surface area contributed by atoms with E-state index in [0.29, 0.717) is 12.8 Å². The lowest BCUT2D eigenvalue weighted by Crippen LogP contribution is -2.28. The molecular weight excluding hydrogens is 550 g/mol. The second-order valence-corrected chi connectivity index (χ2v) is 11.7. The van der Waals surface area contributed by atoms with Crippen LogP contribution in [0.25, 0.3) is 0 Å². The molecule has 0 aromatic carbocycles. The topological polar surface area (TPSA) is 92.7 Å². The summed E-state index contributed by atoms with van der Waals surface area (Å²) in [6.07, 6.45) is 40.8. The van der Waals surface area contributed by atoms with E-state index in [1.165, 1.54) is 38.5 Å². The Morgan fingerprint density at radius 3 is 1.68 bits per heavy atom. The number of carbonyl (C=O) groups is 3. The predicted molar refractivity (Wildman–Crippen MR) is 185 cm³/mol. The Morgan fingerprint density at radius 2 is 1.11 bits per heavy atom. The maximum absolute atomic E-state index is 12.6. The van der Waals surface area contributed by atoms with Gasteiger partial charge in [-0.1, -0.05) is 120 Å². The van der Waals surface area contributed by atoms with Crippen molar-refractivity contribution in [3.63, 3.8) is 0 Å². The maximum Gasteiger partial charge on any atom is 0.322 e. The standard InChI is InChI=1S/C38H65NO5/c1-3-5-7-9-11-12-13-14-15-16-17-18-20-25-29-33-38(43)44-35(30-26-22-19-10-8-6-4-2)31-27-23-21-24-28-32-36(40)39-34-37(41)42/h5,7,11-12,14-15,17-18,35H,3-4,6,8-10,13,16,19-34H2,1-2H3,(H,39,40)(H,41,42)/b7-5-,12-11-,15-14-,18-17-. The maximum atomic E-state index is 12.6. The summed E-state index contributed by atoms with van der Waals surface area (Å²) in [6.45, 7) is 4.07. The summed E-state index contributed by atoms with van der Waals surface area (Å²) in [4.78, 5) is 34.7. The van der Waals surface area contributed by atoms with Crippen molar-refractivity contribution < 1.29 is 24.2 Å². The van der Waals surface area contributed by atoms with E-state index in [-0.39, 0.29) is 24.5 Å². The van der Waals surface area contributed by atoms with E-state index in [1.54, 1.807) is 0 Å². The summed E-state index contributed by atoms with van der Waals surface area (Å²) in [6, 6.07) is 0. The third-order valence-corrected chi connectivity index (χ3v) is 7.52. The summed E-state index contributed by atoms with van der Waals surface area (Å²) in [5.74, 6) is -1.28. The van der Waals surface area contributed by atoms with E-state index >= 15 is 0 Å². The molecule has 0 radical (unpaired) electrons. The molecule has 0 saturated heterocycles. The second-order valence-electron chi connectivity index (χ2n) is 11.7. The summed E-state index contributed by atoms with van der Waals surface area (Å²) in [5.41, 5.74) is 0. The molecule has 2 N–H and O–H groups in total. The molecular formula is C38H65NO5. The number of carboxylic acids is 1. The smallest absolute Gasteiger partial charge is 0.322 e. The van der Waals surface area contributed by atoms with Crippen LogP contribution < -0.4 is 5.32 Å². The van der Waals surface area contributed by atoms with Gasteiger partial charge in [-0.2, -0.15) is 0 Å². The van der Waals surface area contributed by atoms with Crippen LogP contribution in [0.3, 0.4) is 0 Å². The van der Waals surface area contributed by atoms with Crippen molar-refractivity contribution in [3.8, 4) is 0 Å². The van der Waals surface area contributed by atoms with Gasteiger partial charge in [0.05, 0.1) is 0 Å². The van der Waals surface area contributed by atoms with Crippen molar-refractivity contribution >= 4 is 17.8 Å². The van der Waals surface area contributed by atoms with E-state index < -0.39 is 5.97 Å². The summed E-state index contributed by atoms with van der Waals surface area (Å²) in [5, 5.41) is 11.0. The first-order valence-corrected chi connectivity index (χ1v) is 17.8. The number of unbranched alkanes of at least 4 members (excludes halogenated alkanes) is 12. The molecule has 252 valence electrons. The first-order chi connectivity index (χ1) is 21.5. The largest absolute Gasteiger partial charge is 0.480 e. The zero-order valence-electron chi connectivity index (χ0n) is 28.2. The third kappa shape index (κ3) is 32.3. The first-order valence-electron chi connectivity index (χ1n) is 17.8. The van der Waals surface area contributed by atoms with E-state index in [4.69, 9.17) is 9.84 Å². The summed E-state index contributed by atoms with van der Waals surface area (Å²) < 4.78 is 5.94. The quantitative estimate of drug-likeness (QED) is 0.0460. The number of hydrogen-bond donors (Lipinski definition) is 2. The minimum absolute atomic E-state index is 0.00858. The van der Waals surface area contributed by atoms with Crippen LogP contribution in [0.1, 0.15) is 162 Å². The van der Waals surface area contributed by atoms with Crippen molar-refractivity contribution in [2.45, 2.75) is 168 Å². The van der Waals surface area contributed by atoms with Gasteiger partial charge in [-0.05, 0) is 77.0 Å². The molecule has 0 heterocycles. The molecule has 0 rings (SSSR count). The Hall–Kier alpha value is -2.63. The lowest BCUT2D eigenvalue weighted by atomic mass is 10.0. The first kappa shape index (κ1) is 41.4. The van der Waals surface area contributed by atoms with Gasteiger partial charge in [0.1, 0.15) is 12.6 Å². The SMILES string of the molecule is CC/C=C\C/C=C\C/C=C\C/C=C\CCCCC(=O)OC(CCCCCCCCC)CCCCCCCC(=O)NCC(=O)O. The molecule has 0 aliphatic carbocycles. The van der Waals surface area contributed by atoms with Crippen LogP contribution in [0.4, 0.5) is 0 Å². The fourth-order valence-corrected chi connectivity index (χ4v) is 4.92. The van der Waals surface area contributed by atoms with Crippen LogP contribution >= 0.6 is 0 Å². The Labute approximate surface area is 269 Å². The van der Waals surface area contributed by atoms with Gasteiger partial charge < -0.3 is 15.2 Å². The highest BCUT2D eigenvalue weighted by Crippen LogP contribution is 2.18. The molecule has 0 bridgehead atoms. The van der Waals surface area contributed by atoms with E-state index in [9.17, 15) is 14.4 Å². The number of rotatable bonds is 31. The van der Waals surface area contributed by atoms with Gasteiger partial charge in [-0.15, -0.1) is 0 Å². The number of aliphatic carboxylic acids is 1. The van der Waals surface area contributed by atoms with Gasteiger partial charge in [0.25, 0.3) is 0 Å². The van der Waals surface area contributed by atoms with Crippen LogP contribution in [0.15, 0.2) is 48.6 Å². The van der Waals surface area contributed by atoms with E-state index in [2.05, 4.69) is 67.8 Å². The lowest BCUT2D eigenvalue weighted by Gasteiger charge is -2.18. The highest BCUT2D eigenvalue weighted by atomic mass is 16.5. The number of hydrogen-bond acceptors (Lipinski definition) is 4. The zero-order chi connectivity index (χ0) is 32.4. The lowest BCUT2D eigenvalue weighted by molar-refractivity contribution is -0.150. The van der Waals surface area contributed by atoms with Crippen molar-refractivity contribution in [3.05, 3.63) is 48.6 Å². The Morgan fingerprint density at radius 1 is 0.614 bits per heavy atom. The average molecular weight is 616 g/mol. The molecule has 0 fully saturated rings. The monoisotopic (exact) mass is 615 g/mol. The van der Waals surface area contributed by atoms with Crippen molar-refractivity contribution in [1.82, 2.24) is 5.32 Å². The van der Waals surface area contributed by atoms with E-state index in [1.807, 2.05) is 0 Å². The Bertz CT molecular complexity index is 814. The average Bonchev–Trinajstić information content (AvgIpc) is 3.00. The fourth-order valence-electron chi connectivity index (χ4n) is 4.92. The summed E-state index contributed by atoms with van der Waals surface area (Å²) >= 11 is 0.